The third-order valence-electron chi connectivity index (χ3n) is 4.61. The van der Waals surface area contributed by atoms with Gasteiger partial charge in [0, 0.05) is 7.11 Å². The van der Waals surface area contributed by atoms with E-state index >= 15 is 0 Å². The molecule has 0 radical (unpaired) electrons. The molecule has 0 aromatic carbocycles. The second-order valence-electron chi connectivity index (χ2n) is 6.60. The van der Waals surface area contributed by atoms with Gasteiger partial charge in [0.05, 0.1) is 24.1 Å². The minimum Gasteiger partial charge on any atom is -0.388 e. The number of anilines is 1. The smallest absolute Gasteiger partial charge is 0.280 e. The lowest BCUT2D eigenvalue weighted by Gasteiger charge is -2.41. The van der Waals surface area contributed by atoms with Crippen LogP contribution in [0.4, 0.5) is 5.95 Å². The summed E-state index contributed by atoms with van der Waals surface area (Å²) in [6.07, 6.45) is -5.94. The molecule has 1 aliphatic rings. The Morgan fingerprint density at radius 3 is 2.71 bits per heavy atom. The number of aromatic nitrogens is 4. The molecule has 0 spiro atoms. The van der Waals surface area contributed by atoms with E-state index in [1.54, 1.807) is 6.92 Å². The molecule has 0 aliphatic carbocycles. The van der Waals surface area contributed by atoms with E-state index in [4.69, 9.17) is 19.9 Å². The van der Waals surface area contributed by atoms with E-state index in [1.165, 1.54) is 20.2 Å². The number of rotatable bonds is 5. The van der Waals surface area contributed by atoms with Gasteiger partial charge >= 0.3 is 0 Å². The van der Waals surface area contributed by atoms with E-state index in [9.17, 15) is 20.1 Å². The minimum absolute atomic E-state index is 0.0440. The second-order valence-corrected chi connectivity index (χ2v) is 6.60. The van der Waals surface area contributed by atoms with E-state index in [1.807, 2.05) is 0 Å². The Labute approximate surface area is 159 Å². The molecule has 7 atom stereocenters. The van der Waals surface area contributed by atoms with Gasteiger partial charge in [0.15, 0.2) is 17.5 Å². The summed E-state index contributed by atoms with van der Waals surface area (Å²) < 4.78 is 16.2. The Hall–Kier alpha value is -2.22. The molecule has 154 valence electrons. The van der Waals surface area contributed by atoms with Crippen molar-refractivity contribution in [2.45, 2.75) is 56.8 Å². The fraction of sp³-hybridized carbons (Fsp3) is 0.625. The van der Waals surface area contributed by atoms with Crippen molar-refractivity contribution in [3.05, 3.63) is 22.2 Å². The van der Waals surface area contributed by atoms with Gasteiger partial charge in [-0.1, -0.05) is 0 Å². The van der Waals surface area contributed by atoms with Crippen LogP contribution in [0.1, 0.15) is 25.6 Å². The number of aromatic amines is 1. The van der Waals surface area contributed by atoms with Crippen LogP contribution >= 0.6 is 0 Å². The molecule has 12 heteroatoms. The quantitative estimate of drug-likeness (QED) is 0.384. The molecule has 3 rings (SSSR count). The molecule has 0 amide bonds. The van der Waals surface area contributed by atoms with Gasteiger partial charge in [-0.05, 0) is 13.8 Å². The summed E-state index contributed by atoms with van der Waals surface area (Å²) in [4.78, 5) is 26.2. The molecule has 0 saturated carbocycles. The van der Waals surface area contributed by atoms with E-state index < -0.39 is 48.5 Å². The maximum atomic E-state index is 12.0. The lowest BCUT2D eigenvalue weighted by Crippen LogP contribution is -2.58. The Kier molecular flexibility index (Phi) is 5.88. The highest BCUT2D eigenvalue weighted by Gasteiger charge is 2.44. The molecule has 0 bridgehead atoms. The first-order valence-corrected chi connectivity index (χ1v) is 8.63. The number of aliphatic hydroxyl groups is 3. The zero-order valence-electron chi connectivity index (χ0n) is 15.5. The molecular formula is C16H23N5O7. The number of methoxy groups -OCH3 is 1. The van der Waals surface area contributed by atoms with E-state index in [-0.39, 0.29) is 22.8 Å². The number of hydrogen-bond donors (Lipinski definition) is 5. The van der Waals surface area contributed by atoms with Gasteiger partial charge in [-0.25, -0.2) is 9.97 Å². The van der Waals surface area contributed by atoms with Gasteiger partial charge < -0.3 is 35.3 Å². The molecular weight excluding hydrogens is 374 g/mol. The Bertz CT molecular complexity index is 893. The van der Waals surface area contributed by atoms with Crippen molar-refractivity contribution in [1.82, 2.24) is 19.9 Å². The van der Waals surface area contributed by atoms with Crippen LogP contribution in [0.25, 0.3) is 11.2 Å². The standard InChI is InChI=1S/C16H23N5O7/c1-5(27-15-11(24)12(26-3)10(23)6(2)28-15)9(22)7-4-18-13-8(19-7)14(25)21-16(17)20-13/h4-6,9-12,15,22-24H,1-3H3,(H3,17,18,20,21,25)/t5-,6+,9-,10+,11-,12-,15-/m0/s1. The summed E-state index contributed by atoms with van der Waals surface area (Å²) in [7, 11) is 1.35. The minimum atomic E-state index is -1.28. The predicted molar refractivity (Wildman–Crippen MR) is 95.0 cm³/mol. The molecule has 3 heterocycles. The number of nitrogens with one attached hydrogen (secondary N) is 1. The lowest BCUT2D eigenvalue weighted by atomic mass is 9.99. The maximum absolute atomic E-state index is 12.0. The van der Waals surface area contributed by atoms with Crippen molar-refractivity contribution in [3.8, 4) is 0 Å². The number of ether oxygens (including phenoxy) is 3. The van der Waals surface area contributed by atoms with Crippen molar-refractivity contribution >= 4 is 17.1 Å². The number of fused-ring (bicyclic) bond motifs is 1. The zero-order chi connectivity index (χ0) is 20.6. The zero-order valence-corrected chi connectivity index (χ0v) is 15.5. The monoisotopic (exact) mass is 397 g/mol. The summed E-state index contributed by atoms with van der Waals surface area (Å²) in [5.74, 6) is -0.0933. The van der Waals surface area contributed by atoms with Crippen LogP contribution in [-0.4, -0.2) is 79.2 Å². The van der Waals surface area contributed by atoms with Crippen LogP contribution in [0.3, 0.4) is 0 Å². The highest BCUT2D eigenvalue weighted by molar-refractivity contribution is 5.69. The van der Waals surface area contributed by atoms with Gasteiger partial charge in [0.1, 0.15) is 24.4 Å². The first-order valence-electron chi connectivity index (χ1n) is 8.63. The van der Waals surface area contributed by atoms with E-state index in [0.717, 1.165) is 0 Å². The van der Waals surface area contributed by atoms with Crippen molar-refractivity contribution in [2.75, 3.05) is 12.8 Å². The molecule has 28 heavy (non-hydrogen) atoms. The Balaban J connectivity index is 1.78. The number of nitrogens with zero attached hydrogens (tertiary/aromatic N) is 3. The largest absolute Gasteiger partial charge is 0.388 e. The number of H-pyrrole nitrogens is 1. The molecule has 12 nitrogen and oxygen atoms in total. The topological polar surface area (TPSA) is 186 Å². The van der Waals surface area contributed by atoms with Crippen LogP contribution in [0, 0.1) is 0 Å². The highest BCUT2D eigenvalue weighted by atomic mass is 16.7. The normalized spacial score (nSPS) is 30.3. The molecule has 1 fully saturated rings. The summed E-state index contributed by atoms with van der Waals surface area (Å²) in [6.45, 7) is 3.15. The van der Waals surface area contributed by atoms with Crippen LogP contribution in [0.5, 0.6) is 0 Å². The van der Waals surface area contributed by atoms with Crippen molar-refractivity contribution in [3.63, 3.8) is 0 Å². The van der Waals surface area contributed by atoms with Crippen LogP contribution in [-0.2, 0) is 14.2 Å². The second kappa shape index (κ2) is 8.03. The molecule has 1 aliphatic heterocycles. The van der Waals surface area contributed by atoms with Gasteiger partial charge in [0.25, 0.3) is 5.56 Å². The number of aliphatic hydroxyl groups excluding tert-OH is 3. The van der Waals surface area contributed by atoms with Gasteiger partial charge in [0.2, 0.25) is 5.95 Å². The summed E-state index contributed by atoms with van der Waals surface area (Å²) in [6, 6.07) is 0. The summed E-state index contributed by atoms with van der Waals surface area (Å²) in [5, 5.41) is 30.9. The third-order valence-corrected chi connectivity index (χ3v) is 4.61. The van der Waals surface area contributed by atoms with E-state index in [2.05, 4.69) is 19.9 Å². The average Bonchev–Trinajstić information content (AvgIpc) is 2.65. The van der Waals surface area contributed by atoms with Crippen molar-refractivity contribution in [1.29, 1.82) is 0 Å². The maximum Gasteiger partial charge on any atom is 0.280 e. The van der Waals surface area contributed by atoms with Gasteiger partial charge in [-0.2, -0.15) is 4.98 Å². The Morgan fingerprint density at radius 2 is 2.04 bits per heavy atom. The third kappa shape index (κ3) is 3.83. The molecule has 2 aromatic rings. The first kappa shape index (κ1) is 20.5. The fourth-order valence-electron chi connectivity index (χ4n) is 3.01. The molecule has 2 aromatic heterocycles. The summed E-state index contributed by atoms with van der Waals surface area (Å²) >= 11 is 0. The predicted octanol–water partition coefficient (Wildman–Crippen LogP) is -1.78. The number of nitrogens with two attached hydrogens (primary N) is 1. The fourth-order valence-corrected chi connectivity index (χ4v) is 3.01. The molecule has 0 unspecified atom stereocenters. The summed E-state index contributed by atoms with van der Waals surface area (Å²) in [5.41, 5.74) is 4.91. The first-order chi connectivity index (χ1) is 13.2. The highest BCUT2D eigenvalue weighted by Crippen LogP contribution is 2.27. The average molecular weight is 397 g/mol. The SMILES string of the molecule is CO[C@@H]1[C@H](O)[C@@H](O[C@@H](C)[C@H](O)c2cnc3nc(N)[nH]c(=O)c3n2)O[C@H](C)[C@H]1O. The number of hydrogen-bond acceptors (Lipinski definition) is 11. The van der Waals surface area contributed by atoms with Crippen LogP contribution < -0.4 is 11.3 Å². The van der Waals surface area contributed by atoms with Crippen molar-refractivity contribution in [2.24, 2.45) is 0 Å². The van der Waals surface area contributed by atoms with Crippen LogP contribution in [0.15, 0.2) is 11.0 Å². The van der Waals surface area contributed by atoms with Crippen LogP contribution in [0.2, 0.25) is 0 Å². The number of nitrogen functional groups attached to an aromatic ring is 1. The van der Waals surface area contributed by atoms with E-state index in [0.29, 0.717) is 0 Å². The van der Waals surface area contributed by atoms with Gasteiger partial charge in [-0.3, -0.25) is 9.78 Å². The van der Waals surface area contributed by atoms with Gasteiger partial charge in [-0.15, -0.1) is 0 Å². The van der Waals surface area contributed by atoms with Crippen molar-refractivity contribution < 1.29 is 29.5 Å². The lowest BCUT2D eigenvalue weighted by molar-refractivity contribution is -0.312. The molecule has 6 N–H and O–H groups in total. The Morgan fingerprint density at radius 1 is 1.32 bits per heavy atom. The molecule has 1 saturated heterocycles.